The lowest BCUT2D eigenvalue weighted by Crippen LogP contribution is -2.11. The van der Waals surface area contributed by atoms with Crippen molar-refractivity contribution < 1.29 is 9.47 Å². The summed E-state index contributed by atoms with van der Waals surface area (Å²) in [6.07, 6.45) is 2.94. The standard InChI is InChI=1S/C12H11N3O2S/c1-16-8-2-4-9(5-3-8)17-11-7-14-10(6-15-11)12(13)18/h2-7H,1H3,(H2,13,18). The number of nitrogens with zero attached hydrogens (tertiary/aromatic N) is 2. The van der Waals surface area contributed by atoms with Crippen LogP contribution in [-0.4, -0.2) is 22.1 Å². The molecule has 92 valence electrons. The summed E-state index contributed by atoms with van der Waals surface area (Å²) in [5, 5.41) is 0. The molecule has 5 nitrogen and oxygen atoms in total. The lowest BCUT2D eigenvalue weighted by molar-refractivity contribution is 0.412. The van der Waals surface area contributed by atoms with Crippen LogP contribution in [0.15, 0.2) is 36.7 Å². The normalized spacial score (nSPS) is 9.83. The van der Waals surface area contributed by atoms with E-state index in [0.29, 0.717) is 17.3 Å². The van der Waals surface area contributed by atoms with Crippen LogP contribution in [0.5, 0.6) is 17.4 Å². The highest BCUT2D eigenvalue weighted by molar-refractivity contribution is 7.80. The van der Waals surface area contributed by atoms with E-state index < -0.39 is 0 Å². The summed E-state index contributed by atoms with van der Waals surface area (Å²) in [5.74, 6) is 1.78. The Morgan fingerprint density at radius 1 is 1.11 bits per heavy atom. The molecule has 0 aliphatic carbocycles. The first-order chi connectivity index (χ1) is 8.69. The second kappa shape index (κ2) is 5.42. The summed E-state index contributed by atoms with van der Waals surface area (Å²) in [5.41, 5.74) is 5.89. The van der Waals surface area contributed by atoms with Gasteiger partial charge in [-0.25, -0.2) is 9.97 Å². The third-order valence-electron chi connectivity index (χ3n) is 2.16. The van der Waals surface area contributed by atoms with E-state index in [1.54, 1.807) is 31.4 Å². The Labute approximate surface area is 110 Å². The molecule has 0 fully saturated rings. The van der Waals surface area contributed by atoms with Gasteiger partial charge in [0.1, 0.15) is 22.2 Å². The third kappa shape index (κ3) is 2.92. The smallest absolute Gasteiger partial charge is 0.237 e. The van der Waals surface area contributed by atoms with Gasteiger partial charge in [-0.2, -0.15) is 0 Å². The number of aromatic nitrogens is 2. The Kier molecular flexibility index (Phi) is 3.69. The first kappa shape index (κ1) is 12.3. The summed E-state index contributed by atoms with van der Waals surface area (Å²) < 4.78 is 10.5. The predicted octanol–water partition coefficient (Wildman–Crippen LogP) is 1.91. The van der Waals surface area contributed by atoms with Crippen LogP contribution in [0.1, 0.15) is 5.69 Å². The number of benzene rings is 1. The molecule has 0 aliphatic rings. The maximum atomic E-state index is 5.50. The SMILES string of the molecule is COc1ccc(Oc2cnc(C(N)=S)cn2)cc1. The Morgan fingerprint density at radius 2 is 1.78 bits per heavy atom. The average molecular weight is 261 g/mol. The van der Waals surface area contributed by atoms with Crippen molar-refractivity contribution in [3.8, 4) is 17.4 Å². The summed E-state index contributed by atoms with van der Waals surface area (Å²) in [6, 6.07) is 7.16. The molecule has 18 heavy (non-hydrogen) atoms. The van der Waals surface area contributed by atoms with Crippen molar-refractivity contribution in [1.29, 1.82) is 0 Å². The molecule has 0 atom stereocenters. The van der Waals surface area contributed by atoms with Gasteiger partial charge in [0, 0.05) is 0 Å². The molecule has 0 radical (unpaired) electrons. The van der Waals surface area contributed by atoms with Crippen LogP contribution < -0.4 is 15.2 Å². The van der Waals surface area contributed by atoms with Gasteiger partial charge in [-0.15, -0.1) is 0 Å². The molecular formula is C12H11N3O2S. The van der Waals surface area contributed by atoms with Gasteiger partial charge in [-0.05, 0) is 24.3 Å². The van der Waals surface area contributed by atoms with Crippen LogP contribution in [0.25, 0.3) is 0 Å². The Morgan fingerprint density at radius 3 is 2.28 bits per heavy atom. The second-order valence-electron chi connectivity index (χ2n) is 3.38. The van der Waals surface area contributed by atoms with Crippen molar-refractivity contribution in [3.05, 3.63) is 42.4 Å². The summed E-state index contributed by atoms with van der Waals surface area (Å²) >= 11 is 4.78. The van der Waals surface area contributed by atoms with Crippen LogP contribution in [0.4, 0.5) is 0 Å². The first-order valence-corrected chi connectivity index (χ1v) is 5.53. The van der Waals surface area contributed by atoms with Gasteiger partial charge >= 0.3 is 0 Å². The molecule has 0 spiro atoms. The number of methoxy groups -OCH3 is 1. The second-order valence-corrected chi connectivity index (χ2v) is 3.82. The van der Waals surface area contributed by atoms with Gasteiger partial charge < -0.3 is 15.2 Å². The monoisotopic (exact) mass is 261 g/mol. The van der Waals surface area contributed by atoms with Crippen molar-refractivity contribution in [2.75, 3.05) is 7.11 Å². The molecule has 0 unspecified atom stereocenters. The van der Waals surface area contributed by atoms with Crippen molar-refractivity contribution in [1.82, 2.24) is 9.97 Å². The van der Waals surface area contributed by atoms with Gasteiger partial charge in [0.05, 0.1) is 19.5 Å². The lowest BCUT2D eigenvalue weighted by Gasteiger charge is -2.05. The molecule has 2 N–H and O–H groups in total. The van der Waals surface area contributed by atoms with Crippen LogP contribution in [0.3, 0.4) is 0 Å². The summed E-state index contributed by atoms with van der Waals surface area (Å²) in [4.78, 5) is 8.29. The van der Waals surface area contributed by atoms with Gasteiger partial charge in [0.15, 0.2) is 0 Å². The highest BCUT2D eigenvalue weighted by atomic mass is 32.1. The Balaban J connectivity index is 2.10. The lowest BCUT2D eigenvalue weighted by atomic mass is 10.3. The van der Waals surface area contributed by atoms with Crippen LogP contribution in [0, 0.1) is 0 Å². The molecular weight excluding hydrogens is 250 g/mol. The van der Waals surface area contributed by atoms with Crippen LogP contribution in [0.2, 0.25) is 0 Å². The molecule has 0 bridgehead atoms. The minimum Gasteiger partial charge on any atom is -0.497 e. The van der Waals surface area contributed by atoms with Crippen LogP contribution in [-0.2, 0) is 0 Å². The van der Waals surface area contributed by atoms with Gasteiger partial charge in [-0.3, -0.25) is 0 Å². The van der Waals surface area contributed by atoms with E-state index in [2.05, 4.69) is 9.97 Å². The molecule has 2 rings (SSSR count). The minimum absolute atomic E-state index is 0.207. The number of hydrogen-bond acceptors (Lipinski definition) is 5. The largest absolute Gasteiger partial charge is 0.497 e. The molecule has 1 aromatic heterocycles. The molecule has 0 saturated carbocycles. The van der Waals surface area contributed by atoms with Gasteiger partial charge in [0.25, 0.3) is 0 Å². The number of rotatable bonds is 4. The van der Waals surface area contributed by atoms with Crippen molar-refractivity contribution in [3.63, 3.8) is 0 Å². The fourth-order valence-corrected chi connectivity index (χ4v) is 1.37. The fraction of sp³-hybridized carbons (Fsp3) is 0.0833. The highest BCUT2D eigenvalue weighted by Gasteiger charge is 2.02. The molecule has 1 aromatic carbocycles. The maximum Gasteiger partial charge on any atom is 0.237 e. The molecule has 6 heteroatoms. The number of nitrogens with two attached hydrogens (primary N) is 1. The van der Waals surface area contributed by atoms with E-state index in [0.717, 1.165) is 5.75 Å². The van der Waals surface area contributed by atoms with Gasteiger partial charge in [-0.1, -0.05) is 12.2 Å². The highest BCUT2D eigenvalue weighted by Crippen LogP contribution is 2.21. The topological polar surface area (TPSA) is 70.3 Å². The molecule has 2 aromatic rings. The number of ether oxygens (including phenoxy) is 2. The zero-order chi connectivity index (χ0) is 13.0. The summed E-state index contributed by atoms with van der Waals surface area (Å²) in [6.45, 7) is 0. The molecule has 1 heterocycles. The van der Waals surface area contributed by atoms with E-state index >= 15 is 0 Å². The zero-order valence-corrected chi connectivity index (χ0v) is 10.5. The Hall–Kier alpha value is -2.21. The van der Waals surface area contributed by atoms with E-state index in [4.69, 9.17) is 27.4 Å². The zero-order valence-electron chi connectivity index (χ0n) is 9.66. The quantitative estimate of drug-likeness (QED) is 0.848. The predicted molar refractivity (Wildman–Crippen MR) is 71.0 cm³/mol. The molecule has 0 aliphatic heterocycles. The minimum atomic E-state index is 0.207. The van der Waals surface area contributed by atoms with Gasteiger partial charge in [0.2, 0.25) is 5.88 Å². The third-order valence-corrected chi connectivity index (χ3v) is 2.37. The maximum absolute atomic E-state index is 5.50. The van der Waals surface area contributed by atoms with E-state index in [-0.39, 0.29) is 4.99 Å². The number of thiocarbonyl (C=S) groups is 1. The van der Waals surface area contributed by atoms with Crippen molar-refractivity contribution >= 4 is 17.2 Å². The van der Waals surface area contributed by atoms with Crippen molar-refractivity contribution in [2.24, 2.45) is 5.73 Å². The van der Waals surface area contributed by atoms with Crippen molar-refractivity contribution in [2.45, 2.75) is 0 Å². The Bertz CT molecular complexity index is 540. The summed E-state index contributed by atoms with van der Waals surface area (Å²) in [7, 11) is 1.61. The number of hydrogen-bond donors (Lipinski definition) is 1. The fourth-order valence-electron chi connectivity index (χ4n) is 1.26. The first-order valence-electron chi connectivity index (χ1n) is 5.13. The average Bonchev–Trinajstić information content (AvgIpc) is 2.40. The van der Waals surface area contributed by atoms with E-state index in [9.17, 15) is 0 Å². The molecule has 0 amide bonds. The molecule has 0 saturated heterocycles. The van der Waals surface area contributed by atoms with Crippen LogP contribution >= 0.6 is 12.2 Å². The van der Waals surface area contributed by atoms with E-state index in [1.165, 1.54) is 12.4 Å². The van der Waals surface area contributed by atoms with E-state index in [1.807, 2.05) is 0 Å².